The molecule has 19 heavy (non-hydrogen) atoms. The molecule has 0 aliphatic heterocycles. The first kappa shape index (κ1) is 15.4. The highest BCUT2D eigenvalue weighted by molar-refractivity contribution is 5.93. The maximum absolute atomic E-state index is 12.3. The Morgan fingerprint density at radius 3 is 2.79 bits per heavy atom. The highest BCUT2D eigenvalue weighted by Crippen LogP contribution is 2.10. The Bertz CT molecular complexity index is 390. The van der Waals surface area contributed by atoms with Gasteiger partial charge >= 0.3 is 0 Å². The van der Waals surface area contributed by atoms with Gasteiger partial charge in [-0.2, -0.15) is 0 Å². The second kappa shape index (κ2) is 8.48. The van der Waals surface area contributed by atoms with Crippen LogP contribution in [0.15, 0.2) is 18.3 Å². The lowest BCUT2D eigenvalue weighted by Gasteiger charge is -2.20. The lowest BCUT2D eigenvalue weighted by atomic mass is 10.2. The minimum Gasteiger partial charge on any atom is -0.395 e. The van der Waals surface area contributed by atoms with Crippen LogP contribution in [0, 0.1) is 0 Å². The summed E-state index contributed by atoms with van der Waals surface area (Å²) in [4.78, 5) is 18.0. The Balaban J connectivity index is 2.78. The third-order valence-corrected chi connectivity index (χ3v) is 2.71. The van der Waals surface area contributed by atoms with Crippen molar-refractivity contribution in [2.45, 2.75) is 26.7 Å². The second-order valence-corrected chi connectivity index (χ2v) is 4.37. The van der Waals surface area contributed by atoms with Crippen molar-refractivity contribution < 1.29 is 9.90 Å². The quantitative estimate of drug-likeness (QED) is 0.751. The molecule has 0 unspecified atom stereocenters. The topological polar surface area (TPSA) is 65.5 Å². The molecular formula is C14H23N3O2. The summed E-state index contributed by atoms with van der Waals surface area (Å²) in [6.45, 7) is 5.91. The fourth-order valence-electron chi connectivity index (χ4n) is 1.79. The largest absolute Gasteiger partial charge is 0.395 e. The summed E-state index contributed by atoms with van der Waals surface area (Å²) in [6.07, 6.45) is 3.52. The first-order valence-corrected chi connectivity index (χ1v) is 6.83. The van der Waals surface area contributed by atoms with Gasteiger partial charge < -0.3 is 15.3 Å². The molecule has 0 aromatic carbocycles. The van der Waals surface area contributed by atoms with E-state index in [2.05, 4.69) is 17.2 Å². The Morgan fingerprint density at radius 1 is 1.37 bits per heavy atom. The number of aliphatic hydroxyl groups is 1. The fourth-order valence-corrected chi connectivity index (χ4v) is 1.79. The van der Waals surface area contributed by atoms with Crippen LogP contribution in [0.4, 0.5) is 5.69 Å². The molecule has 0 bridgehead atoms. The summed E-state index contributed by atoms with van der Waals surface area (Å²) in [7, 11) is 0. The maximum atomic E-state index is 12.3. The average Bonchev–Trinajstić information content (AvgIpc) is 2.44. The molecule has 5 nitrogen and oxygen atoms in total. The predicted octanol–water partition coefficient (Wildman–Crippen LogP) is 1.75. The van der Waals surface area contributed by atoms with E-state index >= 15 is 0 Å². The molecule has 0 spiro atoms. The number of aromatic nitrogens is 1. The number of hydrogen-bond donors (Lipinski definition) is 2. The van der Waals surface area contributed by atoms with Gasteiger partial charge in [-0.3, -0.25) is 9.78 Å². The average molecular weight is 265 g/mol. The van der Waals surface area contributed by atoms with E-state index in [0.717, 1.165) is 25.1 Å². The van der Waals surface area contributed by atoms with Crippen LogP contribution in [0.25, 0.3) is 0 Å². The summed E-state index contributed by atoms with van der Waals surface area (Å²) in [6, 6.07) is 3.61. The van der Waals surface area contributed by atoms with E-state index < -0.39 is 0 Å². The molecule has 2 N–H and O–H groups in total. The standard InChI is InChI=1S/C14H23N3O2/c1-3-6-15-12-5-7-16-13(11-12)14(19)17(8-4-2)9-10-18/h5,7,11,18H,3-4,6,8-10H2,1-2H3,(H,15,16). The first-order chi connectivity index (χ1) is 9.22. The minimum atomic E-state index is -0.129. The van der Waals surface area contributed by atoms with Gasteiger partial charge in [0.25, 0.3) is 5.91 Å². The molecule has 0 atom stereocenters. The van der Waals surface area contributed by atoms with Crippen molar-refractivity contribution in [3.05, 3.63) is 24.0 Å². The van der Waals surface area contributed by atoms with Crippen molar-refractivity contribution in [3.8, 4) is 0 Å². The fraction of sp³-hybridized carbons (Fsp3) is 0.571. The monoisotopic (exact) mass is 265 g/mol. The number of carbonyl (C=O) groups is 1. The van der Waals surface area contributed by atoms with Crippen LogP contribution in [0.3, 0.4) is 0 Å². The summed E-state index contributed by atoms with van der Waals surface area (Å²) in [5.74, 6) is -0.129. The van der Waals surface area contributed by atoms with Gasteiger partial charge in [-0.25, -0.2) is 0 Å². The smallest absolute Gasteiger partial charge is 0.272 e. The van der Waals surface area contributed by atoms with E-state index in [4.69, 9.17) is 5.11 Å². The predicted molar refractivity (Wildman–Crippen MR) is 76.3 cm³/mol. The molecule has 0 fully saturated rings. The summed E-state index contributed by atoms with van der Waals surface area (Å²) in [5, 5.41) is 12.2. The van der Waals surface area contributed by atoms with Crippen LogP contribution in [0.2, 0.25) is 0 Å². The molecule has 1 heterocycles. The van der Waals surface area contributed by atoms with Gasteiger partial charge in [0.1, 0.15) is 5.69 Å². The van der Waals surface area contributed by atoms with Gasteiger partial charge in [-0.05, 0) is 25.0 Å². The first-order valence-electron chi connectivity index (χ1n) is 6.83. The van der Waals surface area contributed by atoms with Gasteiger partial charge in [0.05, 0.1) is 6.61 Å². The van der Waals surface area contributed by atoms with Crippen molar-refractivity contribution in [2.75, 3.05) is 31.6 Å². The zero-order valence-corrected chi connectivity index (χ0v) is 11.7. The Morgan fingerprint density at radius 2 is 2.16 bits per heavy atom. The van der Waals surface area contributed by atoms with E-state index in [-0.39, 0.29) is 12.5 Å². The molecule has 5 heteroatoms. The Hall–Kier alpha value is -1.62. The Labute approximate surface area is 114 Å². The third kappa shape index (κ3) is 4.87. The Kier molecular flexibility index (Phi) is 6.89. The number of rotatable bonds is 8. The molecular weight excluding hydrogens is 242 g/mol. The van der Waals surface area contributed by atoms with Crippen LogP contribution in [-0.2, 0) is 0 Å². The number of nitrogens with zero attached hydrogens (tertiary/aromatic N) is 2. The highest BCUT2D eigenvalue weighted by Gasteiger charge is 2.15. The number of carbonyl (C=O) groups excluding carboxylic acids is 1. The lowest BCUT2D eigenvalue weighted by molar-refractivity contribution is 0.0716. The van der Waals surface area contributed by atoms with E-state index in [1.807, 2.05) is 13.0 Å². The van der Waals surface area contributed by atoms with Gasteiger partial charge in [-0.15, -0.1) is 0 Å². The van der Waals surface area contributed by atoms with E-state index in [1.54, 1.807) is 17.2 Å². The van der Waals surface area contributed by atoms with Crippen molar-refractivity contribution in [2.24, 2.45) is 0 Å². The van der Waals surface area contributed by atoms with Crippen LogP contribution in [0.5, 0.6) is 0 Å². The van der Waals surface area contributed by atoms with E-state index in [1.165, 1.54) is 0 Å². The van der Waals surface area contributed by atoms with Gasteiger partial charge in [0, 0.05) is 31.5 Å². The second-order valence-electron chi connectivity index (χ2n) is 4.37. The minimum absolute atomic E-state index is 0.0283. The summed E-state index contributed by atoms with van der Waals surface area (Å²) in [5.41, 5.74) is 1.32. The molecule has 0 aliphatic rings. The van der Waals surface area contributed by atoms with Crippen LogP contribution in [-0.4, -0.2) is 47.1 Å². The maximum Gasteiger partial charge on any atom is 0.272 e. The van der Waals surface area contributed by atoms with Crippen molar-refractivity contribution in [1.29, 1.82) is 0 Å². The number of anilines is 1. The van der Waals surface area contributed by atoms with Gasteiger partial charge in [-0.1, -0.05) is 13.8 Å². The molecule has 1 amide bonds. The molecule has 0 radical (unpaired) electrons. The number of hydrogen-bond acceptors (Lipinski definition) is 4. The molecule has 0 saturated heterocycles. The van der Waals surface area contributed by atoms with Crippen LogP contribution < -0.4 is 5.32 Å². The molecule has 106 valence electrons. The third-order valence-electron chi connectivity index (χ3n) is 2.71. The zero-order chi connectivity index (χ0) is 14.1. The SMILES string of the molecule is CCCNc1ccnc(C(=O)N(CCC)CCO)c1. The van der Waals surface area contributed by atoms with Gasteiger partial charge in [0.15, 0.2) is 0 Å². The highest BCUT2D eigenvalue weighted by atomic mass is 16.3. The molecule has 0 aliphatic carbocycles. The molecule has 1 aromatic rings. The molecule has 0 saturated carbocycles. The van der Waals surface area contributed by atoms with Crippen LogP contribution >= 0.6 is 0 Å². The van der Waals surface area contributed by atoms with E-state index in [0.29, 0.717) is 18.8 Å². The van der Waals surface area contributed by atoms with E-state index in [9.17, 15) is 4.79 Å². The van der Waals surface area contributed by atoms with Crippen molar-refractivity contribution >= 4 is 11.6 Å². The number of aliphatic hydroxyl groups excluding tert-OH is 1. The number of nitrogens with one attached hydrogen (secondary N) is 1. The van der Waals surface area contributed by atoms with Crippen molar-refractivity contribution in [3.63, 3.8) is 0 Å². The molecule has 1 aromatic heterocycles. The van der Waals surface area contributed by atoms with Gasteiger partial charge in [0.2, 0.25) is 0 Å². The van der Waals surface area contributed by atoms with Crippen molar-refractivity contribution in [1.82, 2.24) is 9.88 Å². The van der Waals surface area contributed by atoms with Crippen LogP contribution in [0.1, 0.15) is 37.2 Å². The molecule has 1 rings (SSSR count). The summed E-state index contributed by atoms with van der Waals surface area (Å²) >= 11 is 0. The normalized spacial score (nSPS) is 10.3. The lowest BCUT2D eigenvalue weighted by Crippen LogP contribution is -2.34. The number of amides is 1. The zero-order valence-electron chi connectivity index (χ0n) is 11.7. The summed E-state index contributed by atoms with van der Waals surface area (Å²) < 4.78 is 0. The number of pyridine rings is 1.